The van der Waals surface area contributed by atoms with Crippen molar-refractivity contribution in [3.63, 3.8) is 0 Å². The van der Waals surface area contributed by atoms with Gasteiger partial charge in [0.1, 0.15) is 0 Å². The van der Waals surface area contributed by atoms with E-state index in [0.717, 1.165) is 13.1 Å². The fourth-order valence-electron chi connectivity index (χ4n) is 3.25. The van der Waals surface area contributed by atoms with Crippen LogP contribution in [0.4, 0.5) is 0 Å². The average molecular weight is 338 g/mol. The Bertz CT molecular complexity index is 896. The minimum Gasteiger partial charge on any atom is -0.189 e. The lowest BCUT2D eigenvalue weighted by Gasteiger charge is -2.05. The summed E-state index contributed by atoms with van der Waals surface area (Å²) in [5.41, 5.74) is 5.03. The van der Waals surface area contributed by atoms with E-state index in [2.05, 4.69) is 119 Å². The van der Waals surface area contributed by atoms with Crippen molar-refractivity contribution in [2.24, 2.45) is 0 Å². The first-order valence-corrected chi connectivity index (χ1v) is 8.95. The van der Waals surface area contributed by atoms with Gasteiger partial charge < -0.3 is 0 Å². The van der Waals surface area contributed by atoms with Gasteiger partial charge >= 0.3 is 0 Å². The first-order valence-electron chi connectivity index (χ1n) is 8.95. The molecular weight excluding hydrogens is 316 g/mol. The van der Waals surface area contributed by atoms with Crippen LogP contribution in [0.3, 0.4) is 0 Å². The number of aromatic nitrogens is 2. The molecule has 0 unspecified atom stereocenters. The molecule has 2 aromatic carbocycles. The first-order chi connectivity index (χ1) is 12.9. The van der Waals surface area contributed by atoms with E-state index in [1.165, 1.54) is 22.5 Å². The number of benzene rings is 2. The summed E-state index contributed by atoms with van der Waals surface area (Å²) >= 11 is 0. The van der Waals surface area contributed by atoms with Crippen LogP contribution in [0.2, 0.25) is 0 Å². The second kappa shape index (κ2) is 7.75. The molecule has 26 heavy (non-hydrogen) atoms. The molecule has 0 spiro atoms. The molecule has 4 aromatic rings. The van der Waals surface area contributed by atoms with Crippen LogP contribution in [0.25, 0.3) is 11.4 Å². The number of hydrogen-bond acceptors (Lipinski definition) is 0. The molecule has 0 aliphatic heterocycles. The van der Waals surface area contributed by atoms with Crippen molar-refractivity contribution in [2.45, 2.75) is 13.1 Å². The molecule has 0 amide bonds. The highest BCUT2D eigenvalue weighted by atomic mass is 15.0. The summed E-state index contributed by atoms with van der Waals surface area (Å²) in [5, 5.41) is 0. The zero-order chi connectivity index (χ0) is 17.6. The van der Waals surface area contributed by atoms with Gasteiger partial charge in [-0.1, -0.05) is 60.7 Å². The Morgan fingerprint density at radius 2 is 0.808 bits per heavy atom. The SMILES string of the molecule is c1ccc(C[n+]2ccccc2-c2cccc[n+]2Cc2ccccc2)cc1. The largest absolute Gasteiger partial charge is 0.277 e. The number of nitrogens with zero attached hydrogens (tertiary/aromatic N) is 2. The van der Waals surface area contributed by atoms with Gasteiger partial charge in [0, 0.05) is 35.4 Å². The zero-order valence-electron chi connectivity index (χ0n) is 14.7. The third kappa shape index (κ3) is 3.70. The summed E-state index contributed by atoms with van der Waals surface area (Å²) in [5.74, 6) is 0. The topological polar surface area (TPSA) is 7.76 Å². The van der Waals surface area contributed by atoms with E-state index < -0.39 is 0 Å². The van der Waals surface area contributed by atoms with E-state index in [9.17, 15) is 0 Å². The number of pyridine rings is 2. The molecule has 0 radical (unpaired) electrons. The molecule has 0 saturated carbocycles. The minimum atomic E-state index is 0.858. The van der Waals surface area contributed by atoms with Crippen molar-refractivity contribution >= 4 is 0 Å². The Kier molecular flexibility index (Phi) is 4.83. The van der Waals surface area contributed by atoms with Crippen LogP contribution >= 0.6 is 0 Å². The number of rotatable bonds is 5. The van der Waals surface area contributed by atoms with Gasteiger partial charge in [-0.15, -0.1) is 0 Å². The molecule has 0 bridgehead atoms. The normalized spacial score (nSPS) is 10.6. The van der Waals surface area contributed by atoms with Crippen molar-refractivity contribution in [3.05, 3.63) is 121 Å². The molecule has 0 saturated heterocycles. The third-order valence-corrected chi connectivity index (χ3v) is 4.54. The quantitative estimate of drug-likeness (QED) is 0.486. The highest BCUT2D eigenvalue weighted by Gasteiger charge is 2.22. The maximum Gasteiger partial charge on any atom is 0.277 e. The Labute approximate surface area is 154 Å². The summed E-state index contributed by atoms with van der Waals surface area (Å²) in [6, 6.07) is 34.0. The van der Waals surface area contributed by atoms with E-state index in [4.69, 9.17) is 0 Å². The molecule has 0 fully saturated rings. The predicted octanol–water partition coefficient (Wildman–Crippen LogP) is 4.03. The van der Waals surface area contributed by atoms with Gasteiger partial charge in [0.15, 0.2) is 25.5 Å². The molecule has 0 aliphatic rings. The summed E-state index contributed by atoms with van der Waals surface area (Å²) < 4.78 is 4.62. The fraction of sp³-hybridized carbons (Fsp3) is 0.0833. The molecule has 2 heterocycles. The Morgan fingerprint density at radius 1 is 0.423 bits per heavy atom. The molecule has 4 rings (SSSR count). The molecule has 126 valence electrons. The first kappa shape index (κ1) is 16.2. The van der Waals surface area contributed by atoms with Gasteiger partial charge in [-0.05, 0) is 12.1 Å². The van der Waals surface area contributed by atoms with Crippen LogP contribution < -0.4 is 9.13 Å². The van der Waals surface area contributed by atoms with Gasteiger partial charge in [0.05, 0.1) is 0 Å². The van der Waals surface area contributed by atoms with Crippen LogP contribution in [0, 0.1) is 0 Å². The van der Waals surface area contributed by atoms with E-state index >= 15 is 0 Å². The van der Waals surface area contributed by atoms with Crippen LogP contribution in [0.5, 0.6) is 0 Å². The van der Waals surface area contributed by atoms with Crippen LogP contribution in [-0.2, 0) is 13.1 Å². The average Bonchev–Trinajstić information content (AvgIpc) is 2.71. The maximum absolute atomic E-state index is 2.31. The molecule has 0 N–H and O–H groups in total. The van der Waals surface area contributed by atoms with E-state index in [1.54, 1.807) is 0 Å². The summed E-state index contributed by atoms with van der Waals surface area (Å²) in [6.45, 7) is 1.72. The van der Waals surface area contributed by atoms with Gasteiger partial charge in [-0.2, -0.15) is 9.13 Å². The lowest BCUT2D eigenvalue weighted by atomic mass is 10.1. The highest BCUT2D eigenvalue weighted by molar-refractivity contribution is 5.46. The van der Waals surface area contributed by atoms with Crippen molar-refractivity contribution < 1.29 is 9.13 Å². The van der Waals surface area contributed by atoms with Crippen LogP contribution in [-0.4, -0.2) is 0 Å². The second-order valence-electron chi connectivity index (χ2n) is 6.40. The number of hydrogen-bond donors (Lipinski definition) is 0. The van der Waals surface area contributed by atoms with Gasteiger partial charge in [0.2, 0.25) is 0 Å². The van der Waals surface area contributed by atoms with Crippen molar-refractivity contribution in [3.8, 4) is 11.4 Å². The Morgan fingerprint density at radius 3 is 1.23 bits per heavy atom. The summed E-state index contributed by atoms with van der Waals surface area (Å²) in [4.78, 5) is 0. The van der Waals surface area contributed by atoms with Crippen LogP contribution in [0.15, 0.2) is 109 Å². The van der Waals surface area contributed by atoms with E-state index in [0.29, 0.717) is 0 Å². The molecule has 0 atom stereocenters. The third-order valence-electron chi connectivity index (χ3n) is 4.54. The summed E-state index contributed by atoms with van der Waals surface area (Å²) in [7, 11) is 0. The van der Waals surface area contributed by atoms with Gasteiger partial charge in [-0.25, -0.2) is 0 Å². The van der Waals surface area contributed by atoms with Gasteiger partial charge in [0.25, 0.3) is 11.4 Å². The van der Waals surface area contributed by atoms with Crippen molar-refractivity contribution in [1.29, 1.82) is 0 Å². The minimum absolute atomic E-state index is 0.858. The lowest BCUT2D eigenvalue weighted by molar-refractivity contribution is -0.706. The molecule has 2 heteroatoms. The second-order valence-corrected chi connectivity index (χ2v) is 6.40. The molecule has 0 aliphatic carbocycles. The fourth-order valence-corrected chi connectivity index (χ4v) is 3.25. The van der Waals surface area contributed by atoms with E-state index in [1.807, 2.05) is 0 Å². The predicted molar refractivity (Wildman–Crippen MR) is 103 cm³/mol. The molecular formula is C24H22N2+2. The molecule has 2 nitrogen and oxygen atoms in total. The summed E-state index contributed by atoms with van der Waals surface area (Å²) in [6.07, 6.45) is 4.31. The lowest BCUT2D eigenvalue weighted by Crippen LogP contribution is -2.43. The van der Waals surface area contributed by atoms with Crippen molar-refractivity contribution in [2.75, 3.05) is 0 Å². The zero-order valence-corrected chi connectivity index (χ0v) is 14.7. The monoisotopic (exact) mass is 338 g/mol. The van der Waals surface area contributed by atoms with Gasteiger partial charge in [-0.3, -0.25) is 0 Å². The van der Waals surface area contributed by atoms with E-state index in [-0.39, 0.29) is 0 Å². The highest BCUT2D eigenvalue weighted by Crippen LogP contribution is 2.12. The standard InChI is InChI=1S/C24H22N2/c1-3-11-21(12-4-1)19-25-17-9-7-15-23(25)24-16-8-10-18-26(24)20-22-13-5-2-6-14-22/h1-18H,19-20H2/q+2. The Balaban J connectivity index is 1.72. The molecule has 2 aromatic heterocycles. The van der Waals surface area contributed by atoms with Crippen LogP contribution in [0.1, 0.15) is 11.1 Å². The van der Waals surface area contributed by atoms with Crippen molar-refractivity contribution in [1.82, 2.24) is 0 Å². The maximum atomic E-state index is 2.31. The Hall–Kier alpha value is -3.26. The smallest absolute Gasteiger partial charge is 0.189 e.